The highest BCUT2D eigenvalue weighted by Crippen LogP contribution is 2.27. The summed E-state index contributed by atoms with van der Waals surface area (Å²) in [6.45, 7) is 2.09. The fraction of sp³-hybridized carbons (Fsp3) is 0.364. The molecule has 1 amide bonds. The first-order valence-electron chi connectivity index (χ1n) is 4.97. The molecule has 0 aliphatic carbocycles. The zero-order valence-corrected chi connectivity index (χ0v) is 9.96. The average molecular weight is 240 g/mol. The molecule has 5 heteroatoms. The van der Waals surface area contributed by atoms with Crippen LogP contribution in [0.15, 0.2) is 23.1 Å². The summed E-state index contributed by atoms with van der Waals surface area (Å²) in [4.78, 5) is 11.8. The van der Waals surface area contributed by atoms with Crippen molar-refractivity contribution in [2.24, 2.45) is 11.7 Å². The number of carbonyl (C=O) groups is 1. The number of hydrogen-bond acceptors (Lipinski definition) is 4. The minimum atomic E-state index is -0.461. The number of amides is 1. The van der Waals surface area contributed by atoms with Gasteiger partial charge in [-0.1, -0.05) is 6.92 Å². The lowest BCUT2D eigenvalue weighted by Crippen LogP contribution is -2.11. The minimum absolute atomic E-state index is 0.141. The van der Waals surface area contributed by atoms with Crippen molar-refractivity contribution in [2.45, 2.75) is 11.8 Å². The van der Waals surface area contributed by atoms with Crippen molar-refractivity contribution < 1.29 is 9.90 Å². The molecule has 1 aromatic carbocycles. The quantitative estimate of drug-likeness (QED) is 0.531. The SMILES string of the molecule is CC(CO)CSc1cc(C(N)=O)ccc1N. The number of rotatable bonds is 5. The van der Waals surface area contributed by atoms with Crippen LogP contribution >= 0.6 is 11.8 Å². The Labute approximate surface area is 99.0 Å². The molecule has 1 rings (SSSR count). The zero-order chi connectivity index (χ0) is 12.1. The maximum atomic E-state index is 11.0. The van der Waals surface area contributed by atoms with E-state index in [1.165, 1.54) is 11.8 Å². The minimum Gasteiger partial charge on any atom is -0.398 e. The lowest BCUT2D eigenvalue weighted by Gasteiger charge is -2.10. The van der Waals surface area contributed by atoms with Crippen molar-refractivity contribution in [3.05, 3.63) is 23.8 Å². The van der Waals surface area contributed by atoms with Gasteiger partial charge in [0.1, 0.15) is 0 Å². The number of carbonyl (C=O) groups excluding carboxylic acids is 1. The Morgan fingerprint density at radius 2 is 2.25 bits per heavy atom. The van der Waals surface area contributed by atoms with E-state index in [4.69, 9.17) is 16.6 Å². The van der Waals surface area contributed by atoms with Gasteiger partial charge in [0.05, 0.1) is 0 Å². The van der Waals surface area contributed by atoms with Gasteiger partial charge in [0, 0.05) is 28.5 Å². The number of hydrogen-bond donors (Lipinski definition) is 3. The van der Waals surface area contributed by atoms with Gasteiger partial charge in [0.15, 0.2) is 0 Å². The largest absolute Gasteiger partial charge is 0.398 e. The maximum Gasteiger partial charge on any atom is 0.248 e. The number of anilines is 1. The fourth-order valence-corrected chi connectivity index (χ4v) is 2.11. The van der Waals surface area contributed by atoms with Crippen molar-refractivity contribution >= 4 is 23.4 Å². The molecule has 88 valence electrons. The van der Waals surface area contributed by atoms with Crippen LogP contribution in [0.5, 0.6) is 0 Å². The van der Waals surface area contributed by atoms with Gasteiger partial charge < -0.3 is 16.6 Å². The second-order valence-electron chi connectivity index (χ2n) is 3.72. The summed E-state index contributed by atoms with van der Waals surface area (Å²) in [5.74, 6) is 0.488. The highest BCUT2D eigenvalue weighted by atomic mass is 32.2. The summed E-state index contributed by atoms with van der Waals surface area (Å²) in [5.41, 5.74) is 12.0. The van der Waals surface area contributed by atoms with E-state index in [-0.39, 0.29) is 12.5 Å². The Balaban J connectivity index is 2.78. The molecule has 0 saturated carbocycles. The summed E-state index contributed by atoms with van der Waals surface area (Å²) in [6, 6.07) is 4.97. The molecule has 0 saturated heterocycles. The third-order valence-corrected chi connectivity index (χ3v) is 3.53. The molecule has 4 nitrogen and oxygen atoms in total. The molecule has 0 fully saturated rings. The molecule has 0 radical (unpaired) electrons. The van der Waals surface area contributed by atoms with Crippen LogP contribution < -0.4 is 11.5 Å². The Bertz CT molecular complexity index is 382. The highest BCUT2D eigenvalue weighted by molar-refractivity contribution is 7.99. The van der Waals surface area contributed by atoms with E-state index in [1.807, 2.05) is 6.92 Å². The van der Waals surface area contributed by atoms with Crippen LogP contribution in [-0.2, 0) is 0 Å². The summed E-state index contributed by atoms with van der Waals surface area (Å²) in [7, 11) is 0. The number of thioether (sulfide) groups is 1. The van der Waals surface area contributed by atoms with Crippen LogP contribution in [0.2, 0.25) is 0 Å². The van der Waals surface area contributed by atoms with Crippen molar-refractivity contribution in [1.82, 2.24) is 0 Å². The van der Waals surface area contributed by atoms with E-state index in [2.05, 4.69) is 0 Å². The molecule has 0 aliphatic rings. The topological polar surface area (TPSA) is 89.3 Å². The highest BCUT2D eigenvalue weighted by Gasteiger charge is 2.07. The molecule has 1 atom stereocenters. The first kappa shape index (κ1) is 12.9. The molecule has 16 heavy (non-hydrogen) atoms. The molecule has 0 bridgehead atoms. The van der Waals surface area contributed by atoms with Crippen molar-refractivity contribution in [2.75, 3.05) is 18.1 Å². The van der Waals surface area contributed by atoms with Crippen LogP contribution in [0.1, 0.15) is 17.3 Å². The molecule has 1 unspecified atom stereocenters. The predicted molar refractivity (Wildman–Crippen MR) is 66.3 cm³/mol. The van der Waals surface area contributed by atoms with E-state index in [0.29, 0.717) is 11.3 Å². The van der Waals surface area contributed by atoms with Gasteiger partial charge in [-0.2, -0.15) is 0 Å². The van der Waals surface area contributed by atoms with Crippen LogP contribution in [0.3, 0.4) is 0 Å². The fourth-order valence-electron chi connectivity index (χ4n) is 1.10. The molecule has 0 aliphatic heterocycles. The van der Waals surface area contributed by atoms with Crippen LogP contribution in [0.25, 0.3) is 0 Å². The summed E-state index contributed by atoms with van der Waals surface area (Å²) < 4.78 is 0. The molecule has 0 heterocycles. The number of aliphatic hydroxyl groups is 1. The molecular weight excluding hydrogens is 224 g/mol. The number of benzene rings is 1. The van der Waals surface area contributed by atoms with Gasteiger partial charge in [-0.05, 0) is 24.1 Å². The first-order chi connectivity index (χ1) is 7.54. The summed E-state index contributed by atoms with van der Waals surface area (Å²) in [6.07, 6.45) is 0. The second kappa shape index (κ2) is 5.77. The smallest absolute Gasteiger partial charge is 0.248 e. The van der Waals surface area contributed by atoms with Gasteiger partial charge in [0.2, 0.25) is 5.91 Å². The van der Waals surface area contributed by atoms with Gasteiger partial charge >= 0.3 is 0 Å². The monoisotopic (exact) mass is 240 g/mol. The van der Waals surface area contributed by atoms with Crippen molar-refractivity contribution in [1.29, 1.82) is 0 Å². The van der Waals surface area contributed by atoms with Gasteiger partial charge in [0.25, 0.3) is 0 Å². The van der Waals surface area contributed by atoms with Crippen molar-refractivity contribution in [3.63, 3.8) is 0 Å². The third-order valence-electron chi connectivity index (χ3n) is 2.13. The Morgan fingerprint density at radius 1 is 1.56 bits per heavy atom. The average Bonchev–Trinajstić information content (AvgIpc) is 2.27. The number of nitrogens with two attached hydrogens (primary N) is 2. The molecule has 0 spiro atoms. The van der Waals surface area contributed by atoms with Crippen LogP contribution in [-0.4, -0.2) is 23.4 Å². The van der Waals surface area contributed by atoms with Gasteiger partial charge in [-0.25, -0.2) is 0 Å². The van der Waals surface area contributed by atoms with E-state index < -0.39 is 5.91 Å². The molecule has 1 aromatic rings. The van der Waals surface area contributed by atoms with Crippen LogP contribution in [0, 0.1) is 5.92 Å². The molecule has 5 N–H and O–H groups in total. The van der Waals surface area contributed by atoms with Crippen LogP contribution in [0.4, 0.5) is 5.69 Å². The first-order valence-corrected chi connectivity index (χ1v) is 5.96. The lowest BCUT2D eigenvalue weighted by molar-refractivity contribution is 0.1000. The van der Waals surface area contributed by atoms with Crippen molar-refractivity contribution in [3.8, 4) is 0 Å². The number of nitrogen functional groups attached to an aromatic ring is 1. The lowest BCUT2D eigenvalue weighted by atomic mass is 10.2. The van der Waals surface area contributed by atoms with E-state index in [0.717, 1.165) is 10.6 Å². The number of primary amides is 1. The Morgan fingerprint density at radius 3 is 2.81 bits per heavy atom. The van der Waals surface area contributed by atoms with Gasteiger partial charge in [-0.15, -0.1) is 11.8 Å². The third kappa shape index (κ3) is 3.43. The van der Waals surface area contributed by atoms with E-state index in [1.54, 1.807) is 18.2 Å². The predicted octanol–water partition coefficient (Wildman–Crippen LogP) is 1.09. The van der Waals surface area contributed by atoms with E-state index >= 15 is 0 Å². The normalized spacial score (nSPS) is 12.4. The van der Waals surface area contributed by atoms with Gasteiger partial charge in [-0.3, -0.25) is 4.79 Å². The summed E-state index contributed by atoms with van der Waals surface area (Å²) >= 11 is 1.52. The number of aliphatic hydroxyl groups excluding tert-OH is 1. The van der Waals surface area contributed by atoms with E-state index in [9.17, 15) is 4.79 Å². The summed E-state index contributed by atoms with van der Waals surface area (Å²) in [5, 5.41) is 8.91. The Kier molecular flexibility index (Phi) is 4.64. The second-order valence-corrected chi connectivity index (χ2v) is 4.78. The maximum absolute atomic E-state index is 11.0. The zero-order valence-electron chi connectivity index (χ0n) is 9.14. The molecular formula is C11H16N2O2S. The Hall–Kier alpha value is -1.20. The molecule has 0 aromatic heterocycles. The standard InChI is InChI=1S/C11H16N2O2S/c1-7(5-14)6-16-10-4-8(11(13)15)2-3-9(10)12/h2-4,7,14H,5-6,12H2,1H3,(H2,13,15).